The number of nitrogens with zero attached hydrogens (tertiary/aromatic N) is 3. The highest BCUT2D eigenvalue weighted by Gasteiger charge is 2.25. The number of nitrogens with one attached hydrogen (secondary N) is 1. The van der Waals surface area contributed by atoms with Crippen LogP contribution in [0, 0.1) is 17.0 Å². The van der Waals surface area contributed by atoms with Crippen LogP contribution in [0.5, 0.6) is 11.5 Å². The van der Waals surface area contributed by atoms with Crippen molar-refractivity contribution in [3.8, 4) is 11.5 Å². The molecule has 0 unspecified atom stereocenters. The van der Waals surface area contributed by atoms with E-state index in [9.17, 15) is 19.7 Å². The highest BCUT2D eigenvalue weighted by molar-refractivity contribution is 5.96. The first-order chi connectivity index (χ1) is 15.4. The molecule has 0 radical (unpaired) electrons. The Balaban J connectivity index is 1.25. The van der Waals surface area contributed by atoms with Crippen molar-refractivity contribution in [2.45, 2.75) is 6.92 Å². The minimum Gasteiger partial charge on any atom is -0.454 e. The first-order valence-corrected chi connectivity index (χ1v) is 10.4. The van der Waals surface area contributed by atoms with Crippen LogP contribution in [0.15, 0.2) is 36.4 Å². The summed E-state index contributed by atoms with van der Waals surface area (Å²) in [5, 5.41) is 14.0. The third-order valence-electron chi connectivity index (χ3n) is 5.74. The van der Waals surface area contributed by atoms with Crippen molar-refractivity contribution in [3.63, 3.8) is 0 Å². The molecule has 2 amide bonds. The molecule has 10 heteroatoms. The minimum atomic E-state index is -0.470. The normalized spacial score (nSPS) is 15.5. The highest BCUT2D eigenvalue weighted by atomic mass is 16.7. The molecule has 0 bridgehead atoms. The Labute approximate surface area is 184 Å². The summed E-state index contributed by atoms with van der Waals surface area (Å²) in [5.74, 6) is 0.826. The van der Waals surface area contributed by atoms with Crippen LogP contribution >= 0.6 is 0 Å². The van der Waals surface area contributed by atoms with Gasteiger partial charge in [0, 0.05) is 62.0 Å². The molecule has 10 nitrogen and oxygen atoms in total. The number of fused-ring (bicyclic) bond motifs is 1. The van der Waals surface area contributed by atoms with Crippen molar-refractivity contribution < 1.29 is 24.0 Å². The van der Waals surface area contributed by atoms with Gasteiger partial charge >= 0.3 is 0 Å². The second-order valence-corrected chi connectivity index (χ2v) is 7.66. The van der Waals surface area contributed by atoms with Gasteiger partial charge in [-0.25, -0.2) is 0 Å². The Morgan fingerprint density at radius 3 is 2.59 bits per heavy atom. The molecule has 2 heterocycles. The fraction of sp³-hybridized carbons (Fsp3) is 0.364. The molecule has 2 aliphatic rings. The van der Waals surface area contributed by atoms with Crippen LogP contribution in [0.3, 0.4) is 0 Å². The molecule has 1 N–H and O–H groups in total. The second-order valence-electron chi connectivity index (χ2n) is 7.66. The van der Waals surface area contributed by atoms with Gasteiger partial charge in [-0.1, -0.05) is 6.07 Å². The molecule has 0 aromatic heterocycles. The molecule has 0 saturated carbocycles. The number of carbonyl (C=O) groups is 2. The molecule has 2 aromatic carbocycles. The number of piperazine rings is 1. The standard InChI is InChI=1S/C22H24N4O6/c1-15-17(3-2-4-18(15)26(29)30)22(28)25-11-9-24(10-12-25)8-7-23-21(27)16-5-6-19-20(13-16)32-14-31-19/h2-6,13H,7-12,14H2,1H3,(H,23,27). The summed E-state index contributed by atoms with van der Waals surface area (Å²) in [5.41, 5.74) is 1.21. The van der Waals surface area contributed by atoms with Crippen LogP contribution in [-0.2, 0) is 0 Å². The number of ether oxygens (including phenoxy) is 2. The van der Waals surface area contributed by atoms with Gasteiger partial charge in [-0.2, -0.15) is 0 Å². The number of benzene rings is 2. The van der Waals surface area contributed by atoms with Gasteiger partial charge in [0.1, 0.15) is 0 Å². The molecule has 0 atom stereocenters. The average molecular weight is 440 g/mol. The molecule has 2 aromatic rings. The van der Waals surface area contributed by atoms with E-state index in [1.165, 1.54) is 12.1 Å². The lowest BCUT2D eigenvalue weighted by molar-refractivity contribution is -0.385. The Morgan fingerprint density at radius 2 is 1.84 bits per heavy atom. The summed E-state index contributed by atoms with van der Waals surface area (Å²) in [4.78, 5) is 39.8. The zero-order valence-electron chi connectivity index (χ0n) is 17.7. The summed E-state index contributed by atoms with van der Waals surface area (Å²) >= 11 is 0. The van der Waals surface area contributed by atoms with Gasteiger partial charge in [0.05, 0.1) is 4.92 Å². The van der Waals surface area contributed by atoms with E-state index in [4.69, 9.17) is 9.47 Å². The monoisotopic (exact) mass is 440 g/mol. The van der Waals surface area contributed by atoms with Crippen molar-refractivity contribution in [2.75, 3.05) is 46.1 Å². The molecule has 1 saturated heterocycles. The molecule has 168 valence electrons. The predicted octanol–water partition coefficient (Wildman–Crippen LogP) is 1.82. The van der Waals surface area contributed by atoms with Gasteiger partial charge in [-0.15, -0.1) is 0 Å². The molecule has 2 aliphatic heterocycles. The van der Waals surface area contributed by atoms with E-state index in [0.29, 0.717) is 67.5 Å². The summed E-state index contributed by atoms with van der Waals surface area (Å²) in [6, 6.07) is 9.65. The van der Waals surface area contributed by atoms with E-state index in [2.05, 4.69) is 10.2 Å². The minimum absolute atomic E-state index is 0.0484. The maximum absolute atomic E-state index is 12.9. The van der Waals surface area contributed by atoms with Crippen LogP contribution in [0.2, 0.25) is 0 Å². The average Bonchev–Trinajstić information content (AvgIpc) is 3.27. The lowest BCUT2D eigenvalue weighted by atomic mass is 10.1. The SMILES string of the molecule is Cc1c(C(=O)N2CCN(CCNC(=O)c3ccc4c(c3)OCO4)CC2)cccc1[N+](=O)[O-]. The maximum atomic E-state index is 12.9. The van der Waals surface area contributed by atoms with Crippen LogP contribution in [0.1, 0.15) is 26.3 Å². The van der Waals surface area contributed by atoms with E-state index in [-0.39, 0.29) is 24.3 Å². The molecule has 0 aliphatic carbocycles. The van der Waals surface area contributed by atoms with Gasteiger partial charge in [-0.3, -0.25) is 24.6 Å². The first kappa shape index (κ1) is 21.6. The van der Waals surface area contributed by atoms with Crippen LogP contribution in [0.25, 0.3) is 0 Å². The van der Waals surface area contributed by atoms with Crippen molar-refractivity contribution in [1.29, 1.82) is 0 Å². The summed E-state index contributed by atoms with van der Waals surface area (Å²) in [6.07, 6.45) is 0. The number of amides is 2. The quantitative estimate of drug-likeness (QED) is 0.538. The van der Waals surface area contributed by atoms with Gasteiger partial charge in [0.2, 0.25) is 6.79 Å². The number of nitro benzene ring substituents is 1. The number of carbonyl (C=O) groups excluding carboxylic acids is 2. The number of hydrogen-bond acceptors (Lipinski definition) is 7. The van der Waals surface area contributed by atoms with Gasteiger partial charge < -0.3 is 19.7 Å². The fourth-order valence-corrected chi connectivity index (χ4v) is 3.87. The number of hydrogen-bond donors (Lipinski definition) is 1. The molecule has 32 heavy (non-hydrogen) atoms. The topological polar surface area (TPSA) is 114 Å². The van der Waals surface area contributed by atoms with Crippen molar-refractivity contribution in [3.05, 3.63) is 63.2 Å². The van der Waals surface area contributed by atoms with E-state index in [1.807, 2.05) is 0 Å². The van der Waals surface area contributed by atoms with Gasteiger partial charge in [0.25, 0.3) is 17.5 Å². The van der Waals surface area contributed by atoms with E-state index in [0.717, 1.165) is 0 Å². The molecule has 1 fully saturated rings. The van der Waals surface area contributed by atoms with Crippen LogP contribution in [0.4, 0.5) is 5.69 Å². The third-order valence-corrected chi connectivity index (χ3v) is 5.74. The third kappa shape index (κ3) is 4.50. The van der Waals surface area contributed by atoms with Crippen molar-refractivity contribution >= 4 is 17.5 Å². The van der Waals surface area contributed by atoms with E-state index < -0.39 is 4.92 Å². The van der Waals surface area contributed by atoms with Crippen molar-refractivity contribution in [2.24, 2.45) is 0 Å². The van der Waals surface area contributed by atoms with Gasteiger partial charge in [0.15, 0.2) is 11.5 Å². The smallest absolute Gasteiger partial charge is 0.273 e. The molecule has 4 rings (SSSR count). The van der Waals surface area contributed by atoms with Crippen molar-refractivity contribution in [1.82, 2.24) is 15.1 Å². The molecular weight excluding hydrogens is 416 g/mol. The lowest BCUT2D eigenvalue weighted by Crippen LogP contribution is -2.50. The zero-order chi connectivity index (χ0) is 22.7. The Kier molecular flexibility index (Phi) is 6.22. The summed E-state index contributed by atoms with van der Waals surface area (Å²) < 4.78 is 10.6. The Bertz CT molecular complexity index is 1050. The second kappa shape index (κ2) is 9.23. The number of rotatable bonds is 6. The predicted molar refractivity (Wildman–Crippen MR) is 115 cm³/mol. The summed E-state index contributed by atoms with van der Waals surface area (Å²) in [7, 11) is 0. The Morgan fingerprint density at radius 1 is 1.09 bits per heavy atom. The molecule has 0 spiro atoms. The number of nitro groups is 1. The molecular formula is C22H24N4O6. The fourth-order valence-electron chi connectivity index (χ4n) is 3.87. The van der Waals surface area contributed by atoms with Crippen LogP contribution in [-0.4, -0.2) is 72.6 Å². The Hall–Kier alpha value is -3.66. The first-order valence-electron chi connectivity index (χ1n) is 10.4. The zero-order valence-corrected chi connectivity index (χ0v) is 17.7. The maximum Gasteiger partial charge on any atom is 0.273 e. The highest BCUT2D eigenvalue weighted by Crippen LogP contribution is 2.32. The van der Waals surface area contributed by atoms with Gasteiger partial charge in [-0.05, 0) is 31.2 Å². The van der Waals surface area contributed by atoms with Crippen LogP contribution < -0.4 is 14.8 Å². The largest absolute Gasteiger partial charge is 0.454 e. The van der Waals surface area contributed by atoms with E-state index in [1.54, 1.807) is 36.1 Å². The lowest BCUT2D eigenvalue weighted by Gasteiger charge is -2.35. The summed E-state index contributed by atoms with van der Waals surface area (Å²) in [6.45, 7) is 5.28. The van der Waals surface area contributed by atoms with E-state index >= 15 is 0 Å².